The number of carbonyl (C=O) groups excluding carboxylic acids is 1. The lowest BCUT2D eigenvalue weighted by Gasteiger charge is -2.03. The molecular weight excluding hydrogens is 290 g/mol. The summed E-state index contributed by atoms with van der Waals surface area (Å²) in [4.78, 5) is 19.5. The van der Waals surface area contributed by atoms with Gasteiger partial charge >= 0.3 is 6.09 Å². The predicted molar refractivity (Wildman–Crippen MR) is 79.5 cm³/mol. The van der Waals surface area contributed by atoms with Crippen molar-refractivity contribution in [1.29, 1.82) is 0 Å². The molecule has 1 amide bonds. The Hall–Kier alpha value is -2.15. The Morgan fingerprint density at radius 3 is 3.00 bits per heavy atom. The third-order valence-electron chi connectivity index (χ3n) is 2.68. The van der Waals surface area contributed by atoms with Gasteiger partial charge < -0.3 is 14.8 Å². The minimum absolute atomic E-state index is 0.417. The molecule has 0 saturated heterocycles. The maximum atomic E-state index is 10.9. The van der Waals surface area contributed by atoms with Crippen LogP contribution in [0.5, 0.6) is 5.75 Å². The monoisotopic (exact) mass is 307 g/mol. The number of thiazole rings is 1. The van der Waals surface area contributed by atoms with Crippen molar-refractivity contribution in [2.75, 3.05) is 13.7 Å². The molecule has 7 heteroatoms. The van der Waals surface area contributed by atoms with Gasteiger partial charge in [-0.3, -0.25) is 4.98 Å². The zero-order chi connectivity index (χ0) is 15.1. The van der Waals surface area contributed by atoms with Crippen LogP contribution in [0.15, 0.2) is 23.7 Å². The summed E-state index contributed by atoms with van der Waals surface area (Å²) in [5.41, 5.74) is 1.88. The second-order valence-electron chi connectivity index (χ2n) is 4.32. The van der Waals surface area contributed by atoms with E-state index in [4.69, 9.17) is 4.74 Å². The van der Waals surface area contributed by atoms with Gasteiger partial charge in [0.2, 0.25) is 0 Å². The third-order valence-corrected chi connectivity index (χ3v) is 3.55. The fraction of sp³-hybridized carbons (Fsp3) is 0.357. The Balaban J connectivity index is 1.77. The van der Waals surface area contributed by atoms with Gasteiger partial charge in [-0.15, -0.1) is 11.3 Å². The average Bonchev–Trinajstić information content (AvgIpc) is 2.94. The maximum Gasteiger partial charge on any atom is 0.406 e. The minimum atomic E-state index is -0.430. The summed E-state index contributed by atoms with van der Waals surface area (Å²) >= 11 is 1.54. The Morgan fingerprint density at radius 1 is 1.43 bits per heavy atom. The molecule has 0 spiro atoms. The summed E-state index contributed by atoms with van der Waals surface area (Å²) in [6.07, 6.45) is 1.93. The highest BCUT2D eigenvalue weighted by Gasteiger charge is 2.04. The first kappa shape index (κ1) is 15.2. The number of nitrogens with zero attached hydrogens (tertiary/aromatic N) is 2. The van der Waals surface area contributed by atoms with E-state index in [1.807, 2.05) is 24.4 Å². The van der Waals surface area contributed by atoms with Crippen LogP contribution in [0.1, 0.15) is 16.4 Å². The molecular formula is C14H17N3O3S. The van der Waals surface area contributed by atoms with Gasteiger partial charge in [0, 0.05) is 24.0 Å². The molecule has 0 unspecified atom stereocenters. The van der Waals surface area contributed by atoms with Crippen LogP contribution in [0.3, 0.4) is 0 Å². The summed E-state index contributed by atoms with van der Waals surface area (Å²) in [5, 5.41) is 5.47. The molecule has 0 atom stereocenters. The van der Waals surface area contributed by atoms with Crippen LogP contribution >= 0.6 is 11.3 Å². The first-order valence-electron chi connectivity index (χ1n) is 6.48. The van der Waals surface area contributed by atoms with Crippen molar-refractivity contribution in [3.05, 3.63) is 40.1 Å². The Labute approximate surface area is 127 Å². The van der Waals surface area contributed by atoms with Crippen LogP contribution in [-0.4, -0.2) is 29.7 Å². The minimum Gasteiger partial charge on any atom is -0.485 e. The molecule has 0 aliphatic heterocycles. The second kappa shape index (κ2) is 7.58. The van der Waals surface area contributed by atoms with Gasteiger partial charge in [-0.2, -0.15) is 0 Å². The molecule has 112 valence electrons. The molecule has 0 aliphatic rings. The number of ether oxygens (including phenoxy) is 2. The molecule has 6 nitrogen and oxygen atoms in total. The van der Waals surface area contributed by atoms with Crippen molar-refractivity contribution >= 4 is 17.4 Å². The van der Waals surface area contributed by atoms with Gasteiger partial charge in [0.25, 0.3) is 0 Å². The Bertz CT molecular complexity index is 583. The number of pyridine rings is 1. The molecule has 0 aliphatic carbocycles. The highest BCUT2D eigenvalue weighted by Crippen LogP contribution is 2.15. The normalized spacial score (nSPS) is 10.2. The molecule has 1 N–H and O–H groups in total. The van der Waals surface area contributed by atoms with Crippen molar-refractivity contribution in [3.63, 3.8) is 0 Å². The van der Waals surface area contributed by atoms with E-state index in [2.05, 4.69) is 20.0 Å². The largest absolute Gasteiger partial charge is 0.485 e. The number of alkyl carbamates (subject to hydrolysis) is 1. The summed E-state index contributed by atoms with van der Waals surface area (Å²) in [7, 11) is 1.34. The van der Waals surface area contributed by atoms with Gasteiger partial charge in [-0.05, 0) is 19.1 Å². The highest BCUT2D eigenvalue weighted by molar-refractivity contribution is 7.09. The Kier molecular flexibility index (Phi) is 5.51. The smallest absolute Gasteiger partial charge is 0.406 e. The number of hydrogen-bond donors (Lipinski definition) is 1. The molecule has 2 aromatic heterocycles. The summed E-state index contributed by atoms with van der Waals surface area (Å²) < 4.78 is 10.1. The predicted octanol–water partition coefficient (Wildman–Crippen LogP) is 2.32. The molecule has 0 saturated carbocycles. The van der Waals surface area contributed by atoms with E-state index in [0.717, 1.165) is 22.1 Å². The first-order valence-corrected chi connectivity index (χ1v) is 7.36. The van der Waals surface area contributed by atoms with Crippen molar-refractivity contribution in [2.45, 2.75) is 20.0 Å². The van der Waals surface area contributed by atoms with Gasteiger partial charge in [-0.25, -0.2) is 9.78 Å². The van der Waals surface area contributed by atoms with Crippen LogP contribution < -0.4 is 10.1 Å². The van der Waals surface area contributed by atoms with Crippen molar-refractivity contribution in [2.24, 2.45) is 0 Å². The fourth-order valence-electron chi connectivity index (χ4n) is 1.58. The standard InChI is InChI=1S/C14H17N3O3S/c1-10-3-4-12(7-16-10)20-8-13-17-11(9-21-13)5-6-15-14(18)19-2/h3-4,7,9H,5-6,8H2,1-2H3,(H,15,18). The van der Waals surface area contributed by atoms with E-state index in [-0.39, 0.29) is 0 Å². The van der Waals surface area contributed by atoms with Crippen molar-refractivity contribution in [3.8, 4) is 5.75 Å². The lowest BCUT2D eigenvalue weighted by molar-refractivity contribution is 0.171. The number of carbonyl (C=O) groups is 1. The zero-order valence-corrected chi connectivity index (χ0v) is 12.8. The number of aryl methyl sites for hydroxylation is 1. The highest BCUT2D eigenvalue weighted by atomic mass is 32.1. The van der Waals surface area contributed by atoms with Crippen LogP contribution in [0.2, 0.25) is 0 Å². The average molecular weight is 307 g/mol. The third kappa shape index (κ3) is 5.03. The number of aromatic nitrogens is 2. The van der Waals surface area contributed by atoms with E-state index in [0.29, 0.717) is 19.6 Å². The van der Waals surface area contributed by atoms with E-state index < -0.39 is 6.09 Å². The molecule has 0 fully saturated rings. The summed E-state index contributed by atoms with van der Waals surface area (Å²) in [5.74, 6) is 0.727. The lowest BCUT2D eigenvalue weighted by Crippen LogP contribution is -2.25. The number of hydrogen-bond acceptors (Lipinski definition) is 6. The fourth-order valence-corrected chi connectivity index (χ4v) is 2.32. The number of nitrogens with one attached hydrogen (secondary N) is 1. The molecule has 2 rings (SSSR count). The number of rotatable bonds is 6. The molecule has 2 aromatic rings. The second-order valence-corrected chi connectivity index (χ2v) is 5.27. The molecule has 0 bridgehead atoms. The van der Waals surface area contributed by atoms with Gasteiger partial charge in [0.05, 0.1) is 19.0 Å². The maximum absolute atomic E-state index is 10.9. The van der Waals surface area contributed by atoms with Crippen LogP contribution in [0, 0.1) is 6.92 Å². The van der Waals surface area contributed by atoms with Crippen molar-refractivity contribution < 1.29 is 14.3 Å². The summed E-state index contributed by atoms with van der Waals surface area (Å²) in [6.45, 7) is 2.84. The van der Waals surface area contributed by atoms with Crippen LogP contribution in [0.4, 0.5) is 4.79 Å². The lowest BCUT2D eigenvalue weighted by atomic mass is 10.3. The van der Waals surface area contributed by atoms with E-state index in [1.54, 1.807) is 6.20 Å². The van der Waals surface area contributed by atoms with Gasteiger partial charge in [0.15, 0.2) is 0 Å². The number of amides is 1. The van der Waals surface area contributed by atoms with Crippen LogP contribution in [0.25, 0.3) is 0 Å². The topological polar surface area (TPSA) is 73.3 Å². The van der Waals surface area contributed by atoms with E-state index >= 15 is 0 Å². The van der Waals surface area contributed by atoms with E-state index in [9.17, 15) is 4.79 Å². The molecule has 0 radical (unpaired) electrons. The van der Waals surface area contributed by atoms with Gasteiger partial charge in [0.1, 0.15) is 17.4 Å². The van der Waals surface area contributed by atoms with Crippen LogP contribution in [-0.2, 0) is 17.8 Å². The van der Waals surface area contributed by atoms with E-state index in [1.165, 1.54) is 18.4 Å². The summed E-state index contributed by atoms with van der Waals surface area (Å²) in [6, 6.07) is 3.79. The van der Waals surface area contributed by atoms with Gasteiger partial charge in [-0.1, -0.05) is 0 Å². The molecule has 21 heavy (non-hydrogen) atoms. The molecule has 0 aromatic carbocycles. The van der Waals surface area contributed by atoms with Crippen molar-refractivity contribution in [1.82, 2.24) is 15.3 Å². The molecule has 2 heterocycles. The first-order chi connectivity index (χ1) is 10.2. The SMILES string of the molecule is COC(=O)NCCc1csc(COc2ccc(C)nc2)n1. The zero-order valence-electron chi connectivity index (χ0n) is 12.0. The Morgan fingerprint density at radius 2 is 2.29 bits per heavy atom. The quantitative estimate of drug-likeness (QED) is 0.886. The number of methoxy groups -OCH3 is 1.